The molecule has 2 aromatic heterocycles. The largest absolute Gasteiger partial charge is 0.509 e. The Morgan fingerprint density at radius 2 is 1.11 bits per heavy atom. The topological polar surface area (TPSA) is 33.5 Å². The summed E-state index contributed by atoms with van der Waals surface area (Å²) in [7, 11) is 0. The van der Waals surface area contributed by atoms with Gasteiger partial charge in [0, 0.05) is 72.2 Å². The molecule has 7 aromatic carbocycles. The number of ether oxygens (including phenoxy) is 1. The maximum atomic E-state index is 6.68. The first-order valence-corrected chi connectivity index (χ1v) is 21.8. The zero-order valence-electron chi connectivity index (χ0n) is 37.3. The number of hydrogen-bond donors (Lipinski definition) is 0. The van der Waals surface area contributed by atoms with E-state index in [0.29, 0.717) is 11.5 Å². The molecule has 10 rings (SSSR count). The zero-order valence-corrected chi connectivity index (χ0v) is 39.6. The Morgan fingerprint density at radius 3 is 1.80 bits per heavy atom. The normalized spacial score (nSPS) is 13.0. The molecule has 0 aliphatic carbocycles. The molecule has 322 valence electrons. The predicted octanol–water partition coefficient (Wildman–Crippen LogP) is 14.9. The number of pyridine rings is 1. The van der Waals surface area contributed by atoms with Crippen molar-refractivity contribution in [3.05, 3.63) is 223 Å². The van der Waals surface area contributed by atoms with Crippen LogP contribution >= 0.6 is 0 Å². The van der Waals surface area contributed by atoms with Crippen LogP contribution in [0, 0.1) is 18.8 Å². The summed E-state index contributed by atoms with van der Waals surface area (Å²) >= 11 is 0. The molecule has 0 saturated heterocycles. The Morgan fingerprint density at radius 1 is 0.500 bits per heavy atom. The van der Waals surface area contributed by atoms with Gasteiger partial charge in [-0.25, -0.2) is 4.98 Å². The van der Waals surface area contributed by atoms with Crippen LogP contribution in [-0.4, -0.2) is 9.55 Å². The van der Waals surface area contributed by atoms with Crippen molar-refractivity contribution in [3.8, 4) is 17.3 Å². The van der Waals surface area contributed by atoms with Crippen molar-refractivity contribution in [2.24, 2.45) is 0 Å². The number of aromatic nitrogens is 2. The van der Waals surface area contributed by atoms with Gasteiger partial charge in [-0.15, -0.1) is 48.1 Å². The van der Waals surface area contributed by atoms with E-state index in [-0.39, 0.29) is 37.3 Å². The third-order valence-electron chi connectivity index (χ3n) is 12.9. The predicted molar refractivity (Wildman–Crippen MR) is 260 cm³/mol. The molecule has 0 fully saturated rings. The Kier molecular flexibility index (Phi) is 11.1. The van der Waals surface area contributed by atoms with E-state index in [0.717, 1.165) is 50.4 Å². The molecule has 0 amide bonds. The summed E-state index contributed by atoms with van der Waals surface area (Å²) in [6.07, 6.45) is 1.91. The molecule has 0 atom stereocenters. The molecular weight excluding hydrogens is 964 g/mol. The fourth-order valence-corrected chi connectivity index (χ4v) is 8.97. The molecule has 1 aliphatic heterocycles. The van der Waals surface area contributed by atoms with E-state index >= 15 is 0 Å². The van der Waals surface area contributed by atoms with Gasteiger partial charge in [0.15, 0.2) is 0 Å². The number of nitrogens with zero attached hydrogens (tertiary/aromatic N) is 4. The van der Waals surface area contributed by atoms with Crippen molar-refractivity contribution in [1.29, 1.82) is 0 Å². The van der Waals surface area contributed by atoms with Crippen LogP contribution < -0.4 is 14.5 Å². The number of fused-ring (bicyclic) bond motifs is 4. The van der Waals surface area contributed by atoms with Gasteiger partial charge in [-0.05, 0) is 81.1 Å². The van der Waals surface area contributed by atoms with E-state index in [4.69, 9.17) is 9.72 Å². The smallest absolute Gasteiger partial charge is 0.135 e. The van der Waals surface area contributed by atoms with E-state index in [1.165, 1.54) is 27.8 Å². The first-order chi connectivity index (χ1) is 30.4. The van der Waals surface area contributed by atoms with Gasteiger partial charge in [-0.1, -0.05) is 151 Å². The minimum absolute atomic E-state index is 0. The van der Waals surface area contributed by atoms with Gasteiger partial charge in [-0.2, -0.15) is 12.1 Å². The average molecular weight is 1020 g/mol. The van der Waals surface area contributed by atoms with E-state index in [1.54, 1.807) is 0 Å². The summed E-state index contributed by atoms with van der Waals surface area (Å²) < 4.78 is 8.91. The summed E-state index contributed by atoms with van der Waals surface area (Å²) in [5.41, 5.74) is 11.9. The Hall–Kier alpha value is -6.42. The Labute approximate surface area is 392 Å². The fourth-order valence-electron chi connectivity index (χ4n) is 8.97. The van der Waals surface area contributed by atoms with Gasteiger partial charge in [-0.3, -0.25) is 0 Å². The molecule has 6 heteroatoms. The first kappa shape index (κ1) is 42.9. The standard InChI is InChI=1S/C58H51N4O.Pt/c1-56(2,3)42-32-33-59-55(36-42)62-51-31-28-44(58(6,7)41-20-12-9-13-21-41)35-50(51)49-30-29-48(38-54(49)62)63-47-25-17-24-46(37-47)61-39-60(52-26-14-15-27-53(52)61)45-23-16-22-43(34-45)57(4,5)40-18-10-8-11-19-40;/h8-36,39H,1-7H3;/q-3;. The molecular formula is C58H51N4OPt-3. The zero-order chi connectivity index (χ0) is 43.5. The molecule has 9 aromatic rings. The van der Waals surface area contributed by atoms with Crippen LogP contribution in [0.5, 0.6) is 11.5 Å². The molecule has 1 aliphatic rings. The molecule has 0 radical (unpaired) electrons. The van der Waals surface area contributed by atoms with Gasteiger partial charge in [0.1, 0.15) is 5.82 Å². The van der Waals surface area contributed by atoms with Gasteiger partial charge in [0.05, 0.1) is 0 Å². The molecule has 0 bridgehead atoms. The minimum Gasteiger partial charge on any atom is -0.509 e. The number of benzene rings is 7. The Bertz CT molecular complexity index is 3130. The summed E-state index contributed by atoms with van der Waals surface area (Å²) in [5.74, 6) is 2.05. The second kappa shape index (κ2) is 16.6. The summed E-state index contributed by atoms with van der Waals surface area (Å²) in [6.45, 7) is 18.0. The fraction of sp³-hybridized carbons (Fsp3) is 0.172. The third kappa shape index (κ3) is 7.71. The van der Waals surface area contributed by atoms with Crippen LogP contribution in [0.1, 0.15) is 76.3 Å². The second-order valence-electron chi connectivity index (χ2n) is 18.7. The Balaban J connectivity index is 0.00000518. The van der Waals surface area contributed by atoms with E-state index in [1.807, 2.05) is 24.4 Å². The number of anilines is 4. The van der Waals surface area contributed by atoms with Crippen LogP contribution in [0.15, 0.2) is 176 Å². The monoisotopic (exact) mass is 1010 g/mol. The van der Waals surface area contributed by atoms with Crippen LogP contribution in [-0.2, 0) is 37.3 Å². The van der Waals surface area contributed by atoms with E-state index in [2.05, 4.69) is 233 Å². The molecule has 0 N–H and O–H groups in total. The minimum atomic E-state index is -0.199. The number of hydrogen-bond acceptors (Lipinski definition) is 4. The van der Waals surface area contributed by atoms with Crippen LogP contribution in [0.3, 0.4) is 0 Å². The third-order valence-corrected chi connectivity index (χ3v) is 12.9. The average Bonchev–Trinajstić information content (AvgIpc) is 3.85. The van der Waals surface area contributed by atoms with Gasteiger partial charge in [0.25, 0.3) is 0 Å². The molecule has 5 nitrogen and oxygen atoms in total. The van der Waals surface area contributed by atoms with Crippen molar-refractivity contribution in [2.45, 2.75) is 64.7 Å². The van der Waals surface area contributed by atoms with E-state index in [9.17, 15) is 0 Å². The van der Waals surface area contributed by atoms with Crippen molar-refractivity contribution < 1.29 is 25.8 Å². The van der Waals surface area contributed by atoms with Crippen molar-refractivity contribution in [2.75, 3.05) is 9.80 Å². The van der Waals surface area contributed by atoms with Crippen LogP contribution in [0.25, 0.3) is 27.6 Å². The van der Waals surface area contributed by atoms with Gasteiger partial charge >= 0.3 is 0 Å². The number of para-hydroxylation sites is 2. The quantitative estimate of drug-likeness (QED) is 0.135. The summed E-state index contributed by atoms with van der Waals surface area (Å²) in [4.78, 5) is 9.39. The number of rotatable bonds is 9. The van der Waals surface area contributed by atoms with Gasteiger partial charge in [0.2, 0.25) is 0 Å². The van der Waals surface area contributed by atoms with Crippen molar-refractivity contribution in [3.63, 3.8) is 0 Å². The maximum Gasteiger partial charge on any atom is 0.135 e. The first-order valence-electron chi connectivity index (χ1n) is 21.8. The van der Waals surface area contributed by atoms with Crippen molar-refractivity contribution >= 4 is 44.6 Å². The molecule has 0 saturated carbocycles. The second-order valence-corrected chi connectivity index (χ2v) is 18.7. The SMILES string of the molecule is CC(C)(C)c1ccnc(-n2c3[c-]c(Oc4[c-]c(N5[CH-]N(c6cccc(C(C)(C)c7ccccc7)c6)c6ccccc65)ccc4)ccc3c3cc(C(C)(C)c4ccccc4)ccc32)c1.[Pt]. The summed E-state index contributed by atoms with van der Waals surface area (Å²) in [5, 5.41) is 2.23. The van der Waals surface area contributed by atoms with Crippen LogP contribution in [0.4, 0.5) is 22.7 Å². The van der Waals surface area contributed by atoms with E-state index < -0.39 is 0 Å². The molecule has 0 unspecified atom stereocenters. The molecule has 64 heavy (non-hydrogen) atoms. The van der Waals surface area contributed by atoms with Crippen LogP contribution in [0.2, 0.25) is 0 Å². The van der Waals surface area contributed by atoms with Gasteiger partial charge < -0.3 is 19.1 Å². The summed E-state index contributed by atoms with van der Waals surface area (Å²) in [6, 6.07) is 67.5. The maximum absolute atomic E-state index is 6.68. The molecule has 3 heterocycles. The molecule has 0 spiro atoms. The van der Waals surface area contributed by atoms with Crippen molar-refractivity contribution in [1.82, 2.24) is 9.55 Å².